The fourth-order valence-corrected chi connectivity index (χ4v) is 4.02. The van der Waals surface area contributed by atoms with Crippen molar-refractivity contribution in [2.24, 2.45) is 0 Å². The maximum Gasteiger partial charge on any atom is 0.248 e. The van der Waals surface area contributed by atoms with Crippen molar-refractivity contribution in [2.45, 2.75) is 6.42 Å². The number of hydrogen-bond acceptors (Lipinski definition) is 4. The van der Waals surface area contributed by atoms with Crippen LogP contribution in [0.15, 0.2) is 45.6 Å². The molecule has 0 aliphatic carbocycles. The van der Waals surface area contributed by atoms with E-state index in [-0.39, 0.29) is 5.91 Å². The lowest BCUT2D eigenvalue weighted by Gasteiger charge is -2.32. The normalized spacial score (nSPS) is 16.2. The van der Waals surface area contributed by atoms with Crippen molar-refractivity contribution in [2.75, 3.05) is 45.1 Å². The zero-order chi connectivity index (χ0) is 18.4. The van der Waals surface area contributed by atoms with Crippen molar-refractivity contribution < 1.29 is 4.79 Å². The predicted octanol–water partition coefficient (Wildman–Crippen LogP) is 3.95. The summed E-state index contributed by atoms with van der Waals surface area (Å²) >= 11 is 5.02. The average Bonchev–Trinajstić information content (AvgIpc) is 3.06. The van der Waals surface area contributed by atoms with Gasteiger partial charge in [0.05, 0.1) is 3.79 Å². The van der Waals surface area contributed by atoms with E-state index in [9.17, 15) is 4.79 Å². The molecule has 6 heteroatoms. The van der Waals surface area contributed by atoms with Crippen LogP contribution in [0.5, 0.6) is 0 Å². The van der Waals surface area contributed by atoms with Crippen molar-refractivity contribution in [3.05, 3.63) is 56.7 Å². The van der Waals surface area contributed by atoms with Crippen molar-refractivity contribution >= 4 is 44.9 Å². The number of piperazine rings is 1. The van der Waals surface area contributed by atoms with Gasteiger partial charge < -0.3 is 15.1 Å². The number of benzene rings is 1. The second-order valence-electron chi connectivity index (χ2n) is 6.60. The van der Waals surface area contributed by atoms with Gasteiger partial charge in [0.1, 0.15) is 0 Å². The first-order chi connectivity index (χ1) is 12.6. The zero-order valence-corrected chi connectivity index (χ0v) is 17.4. The van der Waals surface area contributed by atoms with Crippen LogP contribution in [0, 0.1) is 0 Å². The first kappa shape index (κ1) is 19.3. The molecule has 0 bridgehead atoms. The quantitative estimate of drug-likeness (QED) is 0.700. The molecule has 0 spiro atoms. The Morgan fingerprint density at radius 2 is 1.96 bits per heavy atom. The number of amides is 1. The molecule has 2 heterocycles. The molecular formula is C20H24BrN3OS. The molecule has 1 amide bonds. The number of likely N-dealkylation sites (N-methyl/N-ethyl adjacent to an activating group) is 1. The molecule has 1 aliphatic rings. The van der Waals surface area contributed by atoms with Crippen LogP contribution in [0.25, 0.3) is 6.08 Å². The highest BCUT2D eigenvalue weighted by atomic mass is 79.9. The zero-order valence-electron chi connectivity index (χ0n) is 15.0. The summed E-state index contributed by atoms with van der Waals surface area (Å²) in [5, 5.41) is 4.91. The number of nitrogens with zero attached hydrogens (tertiary/aromatic N) is 2. The molecule has 1 fully saturated rings. The fourth-order valence-electron chi connectivity index (χ4n) is 2.88. The minimum atomic E-state index is -0.113. The molecule has 0 atom stereocenters. The predicted molar refractivity (Wildman–Crippen MR) is 114 cm³/mol. The Hall–Kier alpha value is -1.47. The van der Waals surface area contributed by atoms with Gasteiger partial charge in [-0.2, -0.15) is 0 Å². The lowest BCUT2D eigenvalue weighted by molar-refractivity contribution is -0.111. The largest absolute Gasteiger partial charge is 0.323 e. The third-order valence-corrected chi connectivity index (χ3v) is 6.07. The van der Waals surface area contributed by atoms with E-state index >= 15 is 0 Å². The first-order valence-electron chi connectivity index (χ1n) is 8.81. The SMILES string of the molecule is CN1CCN(CCc2ccc(NC(=O)/C=C/c3csc(Br)c3)cc2)CC1. The number of thiophene rings is 1. The van der Waals surface area contributed by atoms with E-state index < -0.39 is 0 Å². The smallest absolute Gasteiger partial charge is 0.248 e. The van der Waals surface area contributed by atoms with E-state index in [1.165, 1.54) is 5.56 Å². The van der Waals surface area contributed by atoms with Gasteiger partial charge in [-0.1, -0.05) is 12.1 Å². The van der Waals surface area contributed by atoms with Gasteiger partial charge in [-0.15, -0.1) is 11.3 Å². The molecule has 1 aromatic carbocycles. The maximum atomic E-state index is 12.0. The van der Waals surface area contributed by atoms with Gasteiger partial charge in [-0.3, -0.25) is 4.79 Å². The number of nitrogens with one attached hydrogen (secondary N) is 1. The second kappa shape index (κ2) is 9.46. The van der Waals surface area contributed by atoms with Gasteiger partial charge in [-0.05, 0) is 70.2 Å². The molecule has 0 radical (unpaired) electrons. The van der Waals surface area contributed by atoms with Crippen LogP contribution in [0.3, 0.4) is 0 Å². The highest BCUT2D eigenvalue weighted by molar-refractivity contribution is 9.11. The Bertz CT molecular complexity index is 749. The van der Waals surface area contributed by atoms with Crippen LogP contribution < -0.4 is 5.32 Å². The van der Waals surface area contributed by atoms with Crippen molar-refractivity contribution in [1.29, 1.82) is 0 Å². The number of carbonyl (C=O) groups is 1. The summed E-state index contributed by atoms with van der Waals surface area (Å²) in [5.41, 5.74) is 3.16. The van der Waals surface area contributed by atoms with Gasteiger partial charge in [0.25, 0.3) is 0 Å². The summed E-state index contributed by atoms with van der Waals surface area (Å²) in [5.74, 6) is -0.113. The summed E-state index contributed by atoms with van der Waals surface area (Å²) in [6.45, 7) is 5.70. The van der Waals surface area contributed by atoms with Gasteiger partial charge >= 0.3 is 0 Å². The monoisotopic (exact) mass is 433 g/mol. The molecule has 4 nitrogen and oxygen atoms in total. The molecule has 2 aromatic rings. The molecule has 26 heavy (non-hydrogen) atoms. The summed E-state index contributed by atoms with van der Waals surface area (Å²) in [7, 11) is 2.18. The highest BCUT2D eigenvalue weighted by Crippen LogP contribution is 2.21. The second-order valence-corrected chi connectivity index (χ2v) is 8.89. The van der Waals surface area contributed by atoms with Gasteiger partial charge in [-0.25, -0.2) is 0 Å². The van der Waals surface area contributed by atoms with Crippen molar-refractivity contribution in [3.63, 3.8) is 0 Å². The topological polar surface area (TPSA) is 35.6 Å². The summed E-state index contributed by atoms with van der Waals surface area (Å²) in [6.07, 6.45) is 4.43. The van der Waals surface area contributed by atoms with Gasteiger partial charge in [0, 0.05) is 44.5 Å². The average molecular weight is 434 g/mol. The summed E-state index contributed by atoms with van der Waals surface area (Å²) < 4.78 is 1.06. The van der Waals surface area contributed by atoms with Crippen LogP contribution in [-0.4, -0.2) is 55.5 Å². The Balaban J connectivity index is 1.45. The molecule has 3 rings (SSSR count). The molecule has 1 aromatic heterocycles. The number of halogens is 1. The van der Waals surface area contributed by atoms with E-state index in [0.29, 0.717) is 0 Å². The van der Waals surface area contributed by atoms with Gasteiger partial charge in [0.15, 0.2) is 0 Å². The van der Waals surface area contributed by atoms with Crippen LogP contribution in [0.4, 0.5) is 5.69 Å². The van der Waals surface area contributed by atoms with Crippen molar-refractivity contribution in [3.8, 4) is 0 Å². The molecule has 1 saturated heterocycles. The van der Waals surface area contributed by atoms with Gasteiger partial charge in [0.2, 0.25) is 5.91 Å². The number of anilines is 1. The lowest BCUT2D eigenvalue weighted by atomic mass is 10.1. The van der Waals surface area contributed by atoms with Crippen LogP contribution in [0.1, 0.15) is 11.1 Å². The molecule has 0 unspecified atom stereocenters. The molecule has 138 valence electrons. The lowest BCUT2D eigenvalue weighted by Crippen LogP contribution is -2.45. The summed E-state index contributed by atoms with van der Waals surface area (Å²) in [4.78, 5) is 16.9. The van der Waals surface area contributed by atoms with Crippen molar-refractivity contribution in [1.82, 2.24) is 9.80 Å². The van der Waals surface area contributed by atoms with Crippen LogP contribution in [0.2, 0.25) is 0 Å². The highest BCUT2D eigenvalue weighted by Gasteiger charge is 2.13. The third kappa shape index (κ3) is 6.06. The van der Waals surface area contributed by atoms with E-state index in [1.54, 1.807) is 17.4 Å². The Kier molecular flexibility index (Phi) is 7.02. The van der Waals surface area contributed by atoms with Crippen LogP contribution in [-0.2, 0) is 11.2 Å². The minimum Gasteiger partial charge on any atom is -0.323 e. The van der Waals surface area contributed by atoms with Crippen LogP contribution >= 0.6 is 27.3 Å². The standard InChI is InChI=1S/C20H24BrN3OS/c1-23-10-12-24(13-11-23)9-8-16-2-5-18(6-3-16)22-20(25)7-4-17-14-19(21)26-15-17/h2-7,14-15H,8-13H2,1H3,(H,22,25)/b7-4+. The number of carbonyl (C=O) groups excluding carboxylic acids is 1. The summed E-state index contributed by atoms with van der Waals surface area (Å²) in [6, 6.07) is 10.2. The number of rotatable bonds is 6. The fraction of sp³-hybridized carbons (Fsp3) is 0.350. The minimum absolute atomic E-state index is 0.113. The Morgan fingerprint density at radius 1 is 1.23 bits per heavy atom. The molecule has 0 saturated carbocycles. The third-order valence-electron chi connectivity index (χ3n) is 4.55. The number of hydrogen-bond donors (Lipinski definition) is 1. The van der Waals surface area contributed by atoms with E-state index in [2.05, 4.69) is 50.2 Å². The first-order valence-corrected chi connectivity index (χ1v) is 10.5. The maximum absolute atomic E-state index is 12.0. The van der Waals surface area contributed by atoms with E-state index in [0.717, 1.165) is 54.2 Å². The molecular weight excluding hydrogens is 410 g/mol. The van der Waals surface area contributed by atoms with E-state index in [4.69, 9.17) is 0 Å². The van der Waals surface area contributed by atoms with E-state index in [1.807, 2.05) is 29.7 Å². The Labute approximate surface area is 167 Å². The molecule has 1 N–H and O–H groups in total. The Morgan fingerprint density at radius 3 is 2.62 bits per heavy atom. The molecule has 1 aliphatic heterocycles.